The summed E-state index contributed by atoms with van der Waals surface area (Å²) in [6.45, 7) is 1.97. The van der Waals surface area contributed by atoms with Gasteiger partial charge in [0.15, 0.2) is 0 Å². The van der Waals surface area contributed by atoms with Crippen LogP contribution >= 0.6 is 15.9 Å². The average molecular weight is 308 g/mol. The molecule has 0 aromatic heterocycles. The van der Waals surface area contributed by atoms with E-state index < -0.39 is 0 Å². The van der Waals surface area contributed by atoms with Crippen LogP contribution in [0.4, 0.5) is 5.69 Å². The Morgan fingerprint density at radius 1 is 1.22 bits per heavy atom. The fourth-order valence-electron chi connectivity index (χ4n) is 1.54. The van der Waals surface area contributed by atoms with E-state index in [1.54, 1.807) is 0 Å². The lowest BCUT2D eigenvalue weighted by molar-refractivity contribution is 0.281. The van der Waals surface area contributed by atoms with Crippen molar-refractivity contribution < 1.29 is 9.84 Å². The molecule has 0 atom stereocenters. The molecule has 2 aromatic carbocycles. The van der Waals surface area contributed by atoms with Crippen molar-refractivity contribution in [3.8, 4) is 11.5 Å². The smallest absolute Gasteiger partial charge is 0.142 e. The highest BCUT2D eigenvalue weighted by molar-refractivity contribution is 9.10. The number of aliphatic hydroxyl groups excluding tert-OH is 1. The Morgan fingerprint density at radius 2 is 1.89 bits per heavy atom. The molecule has 0 saturated heterocycles. The molecule has 0 amide bonds. The molecular weight excluding hydrogens is 294 g/mol. The van der Waals surface area contributed by atoms with Crippen LogP contribution < -0.4 is 10.5 Å². The maximum absolute atomic E-state index is 8.97. The van der Waals surface area contributed by atoms with Crippen molar-refractivity contribution in [1.29, 1.82) is 0 Å². The van der Waals surface area contributed by atoms with Gasteiger partial charge in [-0.1, -0.05) is 12.1 Å². The van der Waals surface area contributed by atoms with Crippen LogP contribution in [0.3, 0.4) is 0 Å². The predicted molar refractivity (Wildman–Crippen MR) is 75.7 cm³/mol. The summed E-state index contributed by atoms with van der Waals surface area (Å²) >= 11 is 3.42. The van der Waals surface area contributed by atoms with E-state index in [1.807, 2.05) is 43.3 Å². The lowest BCUT2D eigenvalue weighted by Gasteiger charge is -2.10. The van der Waals surface area contributed by atoms with Gasteiger partial charge in [-0.15, -0.1) is 0 Å². The highest BCUT2D eigenvalue weighted by Gasteiger charge is 2.06. The molecule has 18 heavy (non-hydrogen) atoms. The minimum Gasteiger partial charge on any atom is -0.456 e. The monoisotopic (exact) mass is 307 g/mol. The number of rotatable bonds is 3. The van der Waals surface area contributed by atoms with Crippen LogP contribution in [-0.4, -0.2) is 5.11 Å². The summed E-state index contributed by atoms with van der Waals surface area (Å²) < 4.78 is 6.58. The Balaban J connectivity index is 2.25. The summed E-state index contributed by atoms with van der Waals surface area (Å²) in [5, 5.41) is 8.97. The molecular formula is C14H14BrNO2. The molecule has 2 rings (SSSR count). The Bertz CT molecular complexity index is 552. The largest absolute Gasteiger partial charge is 0.456 e. The molecule has 0 aliphatic heterocycles. The first kappa shape index (κ1) is 12.9. The number of hydrogen-bond acceptors (Lipinski definition) is 3. The van der Waals surface area contributed by atoms with Crippen molar-refractivity contribution in [2.24, 2.45) is 0 Å². The number of nitrogens with two attached hydrogens (primary N) is 1. The Hall–Kier alpha value is -1.52. The zero-order valence-electron chi connectivity index (χ0n) is 9.98. The fraction of sp³-hybridized carbons (Fsp3) is 0.143. The number of nitrogen functional groups attached to an aromatic ring is 1. The molecule has 0 radical (unpaired) electrons. The minimum absolute atomic E-state index is 0.0327. The number of hydrogen-bond donors (Lipinski definition) is 2. The lowest BCUT2D eigenvalue weighted by Crippen LogP contribution is -1.92. The predicted octanol–water partition coefficient (Wildman–Crippen LogP) is 3.62. The average Bonchev–Trinajstić information content (AvgIpc) is 2.37. The van der Waals surface area contributed by atoms with Gasteiger partial charge in [0.25, 0.3) is 0 Å². The van der Waals surface area contributed by atoms with E-state index in [0.29, 0.717) is 0 Å². The molecule has 0 aliphatic carbocycles. The minimum atomic E-state index is 0.0327. The third-order valence-corrected chi connectivity index (χ3v) is 3.27. The third kappa shape index (κ3) is 2.83. The van der Waals surface area contributed by atoms with Crippen LogP contribution in [0.2, 0.25) is 0 Å². The Labute approximate surface area is 114 Å². The molecule has 94 valence electrons. The molecule has 2 aromatic rings. The molecule has 3 nitrogen and oxygen atoms in total. The standard InChI is InChI=1S/C14H14BrNO2/c1-9-6-14(12(15)7-13(9)16)18-11-4-2-10(8-17)3-5-11/h2-7,17H,8,16H2,1H3. The van der Waals surface area contributed by atoms with Gasteiger partial charge in [0, 0.05) is 5.69 Å². The molecule has 0 spiro atoms. The van der Waals surface area contributed by atoms with Crippen molar-refractivity contribution in [3.63, 3.8) is 0 Å². The summed E-state index contributed by atoms with van der Waals surface area (Å²) in [6, 6.07) is 11.0. The fourth-order valence-corrected chi connectivity index (χ4v) is 1.98. The van der Waals surface area contributed by atoms with Crippen LogP contribution in [0.25, 0.3) is 0 Å². The molecule has 0 fully saturated rings. The third-order valence-electron chi connectivity index (χ3n) is 2.65. The van der Waals surface area contributed by atoms with E-state index in [4.69, 9.17) is 15.6 Å². The van der Waals surface area contributed by atoms with Crippen molar-refractivity contribution in [1.82, 2.24) is 0 Å². The van der Waals surface area contributed by atoms with Gasteiger partial charge >= 0.3 is 0 Å². The van der Waals surface area contributed by atoms with E-state index in [0.717, 1.165) is 32.8 Å². The van der Waals surface area contributed by atoms with Gasteiger partial charge in [-0.3, -0.25) is 0 Å². The number of ether oxygens (including phenoxy) is 1. The molecule has 0 unspecified atom stereocenters. The zero-order valence-corrected chi connectivity index (χ0v) is 11.6. The SMILES string of the molecule is Cc1cc(Oc2ccc(CO)cc2)c(Br)cc1N. The second-order valence-electron chi connectivity index (χ2n) is 4.04. The van der Waals surface area contributed by atoms with Crippen molar-refractivity contribution >= 4 is 21.6 Å². The van der Waals surface area contributed by atoms with E-state index >= 15 is 0 Å². The second-order valence-corrected chi connectivity index (χ2v) is 4.90. The number of aryl methyl sites for hydroxylation is 1. The van der Waals surface area contributed by atoms with Gasteiger partial charge in [-0.05, 0) is 58.2 Å². The number of benzene rings is 2. The van der Waals surface area contributed by atoms with Crippen molar-refractivity contribution in [3.05, 3.63) is 52.0 Å². The second kappa shape index (κ2) is 5.42. The normalized spacial score (nSPS) is 10.4. The summed E-state index contributed by atoms with van der Waals surface area (Å²) in [5.74, 6) is 1.44. The molecule has 0 aliphatic rings. The maximum atomic E-state index is 8.97. The van der Waals surface area contributed by atoms with Gasteiger partial charge in [-0.2, -0.15) is 0 Å². The van der Waals surface area contributed by atoms with Crippen LogP contribution in [-0.2, 0) is 6.61 Å². The van der Waals surface area contributed by atoms with Crippen molar-refractivity contribution in [2.75, 3.05) is 5.73 Å². The first-order valence-corrected chi connectivity index (χ1v) is 6.32. The van der Waals surface area contributed by atoms with Gasteiger partial charge in [0.1, 0.15) is 11.5 Å². The highest BCUT2D eigenvalue weighted by atomic mass is 79.9. The quantitative estimate of drug-likeness (QED) is 0.851. The number of anilines is 1. The van der Waals surface area contributed by atoms with Crippen LogP contribution in [0.15, 0.2) is 40.9 Å². The maximum Gasteiger partial charge on any atom is 0.142 e. The Kier molecular flexibility index (Phi) is 3.89. The summed E-state index contributed by atoms with van der Waals surface area (Å²) in [5.41, 5.74) is 8.36. The topological polar surface area (TPSA) is 55.5 Å². The summed E-state index contributed by atoms with van der Waals surface area (Å²) in [7, 11) is 0. The molecule has 0 heterocycles. The Morgan fingerprint density at radius 3 is 2.50 bits per heavy atom. The summed E-state index contributed by atoms with van der Waals surface area (Å²) in [4.78, 5) is 0. The van der Waals surface area contributed by atoms with Gasteiger partial charge in [-0.25, -0.2) is 0 Å². The molecule has 0 bridgehead atoms. The van der Waals surface area contributed by atoms with Gasteiger partial charge in [0.2, 0.25) is 0 Å². The first-order valence-electron chi connectivity index (χ1n) is 5.53. The van der Waals surface area contributed by atoms with E-state index in [1.165, 1.54) is 0 Å². The van der Waals surface area contributed by atoms with Crippen LogP contribution in [0, 0.1) is 6.92 Å². The highest BCUT2D eigenvalue weighted by Crippen LogP contribution is 2.33. The van der Waals surface area contributed by atoms with E-state index in [9.17, 15) is 0 Å². The number of aliphatic hydroxyl groups is 1. The molecule has 0 saturated carbocycles. The summed E-state index contributed by atoms with van der Waals surface area (Å²) in [6.07, 6.45) is 0. The van der Waals surface area contributed by atoms with Crippen LogP contribution in [0.1, 0.15) is 11.1 Å². The first-order chi connectivity index (χ1) is 8.60. The molecule has 4 heteroatoms. The van der Waals surface area contributed by atoms with E-state index in [2.05, 4.69) is 15.9 Å². The zero-order chi connectivity index (χ0) is 13.1. The lowest BCUT2D eigenvalue weighted by atomic mass is 10.2. The number of halogens is 1. The van der Waals surface area contributed by atoms with Crippen molar-refractivity contribution in [2.45, 2.75) is 13.5 Å². The van der Waals surface area contributed by atoms with Gasteiger partial charge in [0.05, 0.1) is 11.1 Å². The van der Waals surface area contributed by atoms with Crippen LogP contribution in [0.5, 0.6) is 11.5 Å². The van der Waals surface area contributed by atoms with Gasteiger partial charge < -0.3 is 15.6 Å². The molecule has 3 N–H and O–H groups in total. The van der Waals surface area contributed by atoms with E-state index in [-0.39, 0.29) is 6.61 Å².